The van der Waals surface area contributed by atoms with Gasteiger partial charge in [0.05, 0.1) is 25.4 Å². The molecule has 16 heavy (non-hydrogen) atoms. The Bertz CT molecular complexity index is 396. The van der Waals surface area contributed by atoms with Crippen molar-refractivity contribution in [3.05, 3.63) is 23.8 Å². The highest BCUT2D eigenvalue weighted by atomic mass is 16.5. The molecule has 3 rings (SSSR count). The highest BCUT2D eigenvalue weighted by Crippen LogP contribution is 2.40. The monoisotopic (exact) mass is 220 g/mol. The summed E-state index contributed by atoms with van der Waals surface area (Å²) in [6.07, 6.45) is 2.02. The Morgan fingerprint density at radius 1 is 1.06 bits per heavy atom. The van der Waals surface area contributed by atoms with Crippen LogP contribution in [-0.4, -0.2) is 19.8 Å². The third-order valence-corrected chi connectivity index (χ3v) is 3.36. The van der Waals surface area contributed by atoms with Gasteiger partial charge in [0.25, 0.3) is 0 Å². The van der Waals surface area contributed by atoms with Crippen molar-refractivity contribution in [2.24, 2.45) is 0 Å². The Balaban J connectivity index is 1.94. The molecule has 0 radical (unpaired) electrons. The Morgan fingerprint density at radius 2 is 1.81 bits per heavy atom. The molecule has 2 aliphatic heterocycles. The summed E-state index contributed by atoms with van der Waals surface area (Å²) in [7, 11) is 0. The van der Waals surface area contributed by atoms with Crippen LogP contribution in [0.2, 0.25) is 0 Å². The fraction of sp³-hybridized carbons (Fsp3) is 0.538. The molecule has 86 valence electrons. The smallest absolute Gasteiger partial charge is 0.161 e. The van der Waals surface area contributed by atoms with Crippen molar-refractivity contribution in [3.63, 3.8) is 0 Å². The summed E-state index contributed by atoms with van der Waals surface area (Å²) in [4.78, 5) is 0. The maximum absolute atomic E-state index is 5.67. The summed E-state index contributed by atoms with van der Waals surface area (Å²) in [6.45, 7) is 4.44. The molecule has 1 aromatic carbocycles. The summed E-state index contributed by atoms with van der Waals surface area (Å²) in [5.41, 5.74) is 1.06. The Morgan fingerprint density at radius 3 is 2.50 bits per heavy atom. The average Bonchev–Trinajstić information content (AvgIpc) is 2.49. The largest absolute Gasteiger partial charge is 0.490 e. The zero-order chi connectivity index (χ0) is 11.0. The molecule has 0 saturated carbocycles. The van der Waals surface area contributed by atoms with Crippen molar-refractivity contribution in [1.29, 1.82) is 0 Å². The zero-order valence-electron chi connectivity index (χ0n) is 9.49. The summed E-state index contributed by atoms with van der Waals surface area (Å²) in [5.74, 6) is 1.70. The molecule has 1 atom stereocenters. The van der Waals surface area contributed by atoms with Gasteiger partial charge < -0.3 is 14.2 Å². The highest BCUT2D eigenvalue weighted by Gasteiger charge is 2.35. The second-order valence-corrected chi connectivity index (χ2v) is 4.54. The molecular weight excluding hydrogens is 204 g/mol. The van der Waals surface area contributed by atoms with E-state index in [2.05, 4.69) is 19.1 Å². The number of fused-ring (bicyclic) bond motifs is 1. The number of hydrogen-bond acceptors (Lipinski definition) is 3. The van der Waals surface area contributed by atoms with Gasteiger partial charge in [-0.3, -0.25) is 0 Å². The molecule has 2 heterocycles. The Kier molecular flexibility index (Phi) is 2.28. The highest BCUT2D eigenvalue weighted by molar-refractivity contribution is 5.45. The number of benzene rings is 1. The maximum atomic E-state index is 5.67. The molecule has 3 nitrogen and oxygen atoms in total. The molecular formula is C13H16O3. The topological polar surface area (TPSA) is 27.7 Å². The van der Waals surface area contributed by atoms with Crippen LogP contribution in [0.3, 0.4) is 0 Å². The molecule has 3 heteroatoms. The van der Waals surface area contributed by atoms with E-state index in [1.54, 1.807) is 0 Å². The Hall–Kier alpha value is -1.22. The van der Waals surface area contributed by atoms with Crippen LogP contribution < -0.4 is 9.47 Å². The average molecular weight is 220 g/mol. The van der Waals surface area contributed by atoms with Crippen LogP contribution in [0.4, 0.5) is 0 Å². The van der Waals surface area contributed by atoms with Crippen LogP contribution in [0, 0.1) is 0 Å². The van der Waals surface area contributed by atoms with Crippen molar-refractivity contribution < 1.29 is 14.2 Å². The summed E-state index contributed by atoms with van der Waals surface area (Å²) in [6, 6.07) is 6.12. The fourth-order valence-electron chi connectivity index (χ4n) is 2.13. The van der Waals surface area contributed by atoms with E-state index >= 15 is 0 Å². The van der Waals surface area contributed by atoms with Gasteiger partial charge in [-0.15, -0.1) is 0 Å². The van der Waals surface area contributed by atoms with Gasteiger partial charge in [0.2, 0.25) is 0 Å². The van der Waals surface area contributed by atoms with Crippen molar-refractivity contribution in [2.75, 3.05) is 19.8 Å². The summed E-state index contributed by atoms with van der Waals surface area (Å²) >= 11 is 0. The van der Waals surface area contributed by atoms with Crippen molar-refractivity contribution in [3.8, 4) is 11.5 Å². The van der Waals surface area contributed by atoms with Crippen molar-refractivity contribution >= 4 is 0 Å². The standard InChI is InChI=1S/C13H16O3/c1-13(5-8-16-13)10-3-4-11-12(9-10)15-7-2-6-14-11/h3-4,9H,2,5-8H2,1H3. The molecule has 0 aliphatic carbocycles. The SMILES string of the molecule is CC1(c2ccc3c(c2)OCCCO3)CCO1. The molecule has 0 amide bonds. The minimum Gasteiger partial charge on any atom is -0.490 e. The zero-order valence-corrected chi connectivity index (χ0v) is 9.49. The van der Waals surface area contributed by atoms with E-state index in [1.807, 2.05) is 6.07 Å². The molecule has 0 spiro atoms. The molecule has 1 fully saturated rings. The minimum absolute atomic E-state index is 0.120. The van der Waals surface area contributed by atoms with E-state index in [1.165, 1.54) is 5.56 Å². The third kappa shape index (κ3) is 1.55. The lowest BCUT2D eigenvalue weighted by Crippen LogP contribution is -2.37. The van der Waals surface area contributed by atoms with Gasteiger partial charge in [-0.25, -0.2) is 0 Å². The van der Waals surface area contributed by atoms with Crippen LogP contribution in [-0.2, 0) is 10.3 Å². The van der Waals surface area contributed by atoms with Crippen LogP contribution in [0.25, 0.3) is 0 Å². The third-order valence-electron chi connectivity index (χ3n) is 3.36. The number of hydrogen-bond donors (Lipinski definition) is 0. The lowest BCUT2D eigenvalue weighted by molar-refractivity contribution is -0.140. The molecule has 1 aromatic rings. The van der Waals surface area contributed by atoms with E-state index in [9.17, 15) is 0 Å². The van der Waals surface area contributed by atoms with Gasteiger partial charge in [-0.1, -0.05) is 6.07 Å². The van der Waals surface area contributed by atoms with E-state index in [-0.39, 0.29) is 5.60 Å². The first-order valence-electron chi connectivity index (χ1n) is 5.82. The molecule has 0 bridgehead atoms. The molecule has 1 unspecified atom stereocenters. The van der Waals surface area contributed by atoms with Gasteiger partial charge >= 0.3 is 0 Å². The normalized spacial score (nSPS) is 28.1. The van der Waals surface area contributed by atoms with E-state index in [0.29, 0.717) is 0 Å². The lowest BCUT2D eigenvalue weighted by Gasteiger charge is -2.39. The first kappa shape index (κ1) is 9.97. The van der Waals surface area contributed by atoms with Crippen molar-refractivity contribution in [2.45, 2.75) is 25.4 Å². The minimum atomic E-state index is -0.120. The van der Waals surface area contributed by atoms with Crippen LogP contribution >= 0.6 is 0 Å². The van der Waals surface area contributed by atoms with Gasteiger partial charge in [-0.2, -0.15) is 0 Å². The maximum Gasteiger partial charge on any atom is 0.161 e. The predicted molar refractivity (Wildman–Crippen MR) is 60.0 cm³/mol. The second-order valence-electron chi connectivity index (χ2n) is 4.54. The molecule has 0 aromatic heterocycles. The first-order chi connectivity index (χ1) is 7.78. The van der Waals surface area contributed by atoms with Gasteiger partial charge in [0, 0.05) is 12.8 Å². The van der Waals surface area contributed by atoms with Crippen LogP contribution in [0.5, 0.6) is 11.5 Å². The molecule has 1 saturated heterocycles. The second kappa shape index (κ2) is 3.67. The van der Waals surface area contributed by atoms with Crippen LogP contribution in [0.15, 0.2) is 18.2 Å². The predicted octanol–water partition coefficient (Wildman–Crippen LogP) is 2.48. The van der Waals surface area contributed by atoms with E-state index < -0.39 is 0 Å². The van der Waals surface area contributed by atoms with Gasteiger partial charge in [-0.05, 0) is 24.6 Å². The number of rotatable bonds is 1. The number of ether oxygens (including phenoxy) is 3. The van der Waals surface area contributed by atoms with Crippen molar-refractivity contribution in [1.82, 2.24) is 0 Å². The van der Waals surface area contributed by atoms with E-state index in [0.717, 1.165) is 44.2 Å². The van der Waals surface area contributed by atoms with E-state index in [4.69, 9.17) is 14.2 Å². The molecule has 0 N–H and O–H groups in total. The first-order valence-corrected chi connectivity index (χ1v) is 5.82. The quantitative estimate of drug-likeness (QED) is 0.727. The lowest BCUT2D eigenvalue weighted by atomic mass is 9.88. The fourth-order valence-corrected chi connectivity index (χ4v) is 2.13. The molecule has 2 aliphatic rings. The summed E-state index contributed by atoms with van der Waals surface area (Å²) in [5, 5.41) is 0. The van der Waals surface area contributed by atoms with Gasteiger partial charge in [0.15, 0.2) is 11.5 Å². The summed E-state index contributed by atoms with van der Waals surface area (Å²) < 4.78 is 16.9. The van der Waals surface area contributed by atoms with Gasteiger partial charge in [0.1, 0.15) is 0 Å². The Labute approximate surface area is 95.3 Å². The van der Waals surface area contributed by atoms with Crippen LogP contribution in [0.1, 0.15) is 25.3 Å².